The predicted molar refractivity (Wildman–Crippen MR) is 106 cm³/mol. The zero-order valence-corrected chi connectivity index (χ0v) is 16.6. The summed E-state index contributed by atoms with van der Waals surface area (Å²) in [7, 11) is -2.23. The van der Waals surface area contributed by atoms with Crippen LogP contribution in [-0.4, -0.2) is 46.1 Å². The molecule has 28 heavy (non-hydrogen) atoms. The Morgan fingerprint density at radius 3 is 2.57 bits per heavy atom. The molecule has 0 atom stereocenters. The molecule has 2 aromatic carbocycles. The number of halogens is 2. The van der Waals surface area contributed by atoms with Gasteiger partial charge in [0.15, 0.2) is 11.5 Å². The molecule has 9 heteroatoms. The standard InChI is InChI=1S/C19H18ClFN2O4S/c1-22-18-11-14-8-13(9-15(20)19(14)27-18)12-2-3-16(21)17(10-12)28(24,25)23-4-6-26-7-5-23/h2-3,8-11,22H,4-7H2,1H3. The van der Waals surface area contributed by atoms with Crippen LogP contribution in [0.3, 0.4) is 0 Å². The fourth-order valence-corrected chi connectivity index (χ4v) is 4.97. The number of morpholine rings is 1. The first-order valence-corrected chi connectivity index (χ1v) is 10.5. The van der Waals surface area contributed by atoms with Crippen LogP contribution in [0.25, 0.3) is 22.1 Å². The van der Waals surface area contributed by atoms with Gasteiger partial charge >= 0.3 is 0 Å². The number of benzene rings is 2. The summed E-state index contributed by atoms with van der Waals surface area (Å²) in [6.07, 6.45) is 0. The van der Waals surface area contributed by atoms with E-state index in [1.165, 1.54) is 16.4 Å². The van der Waals surface area contributed by atoms with Crippen LogP contribution in [-0.2, 0) is 14.8 Å². The van der Waals surface area contributed by atoms with Gasteiger partial charge in [-0.05, 0) is 35.4 Å². The van der Waals surface area contributed by atoms with Gasteiger partial charge in [-0.2, -0.15) is 4.31 Å². The number of rotatable bonds is 4. The van der Waals surface area contributed by atoms with Crippen molar-refractivity contribution in [2.45, 2.75) is 4.90 Å². The summed E-state index contributed by atoms with van der Waals surface area (Å²) in [4.78, 5) is -0.355. The normalized spacial score (nSPS) is 15.8. The van der Waals surface area contributed by atoms with E-state index < -0.39 is 15.8 Å². The van der Waals surface area contributed by atoms with Gasteiger partial charge in [0.1, 0.15) is 10.7 Å². The van der Waals surface area contributed by atoms with E-state index in [1.54, 1.807) is 19.2 Å². The van der Waals surface area contributed by atoms with Gasteiger partial charge in [0, 0.05) is 31.6 Å². The number of sulfonamides is 1. The smallest absolute Gasteiger partial charge is 0.246 e. The number of nitrogens with one attached hydrogen (secondary N) is 1. The van der Waals surface area contributed by atoms with Gasteiger partial charge in [-0.3, -0.25) is 0 Å². The molecule has 148 valence electrons. The first-order valence-electron chi connectivity index (χ1n) is 8.69. The Balaban J connectivity index is 1.79. The van der Waals surface area contributed by atoms with Gasteiger partial charge in [0.25, 0.3) is 0 Å². The average molecular weight is 425 g/mol. The molecule has 0 radical (unpaired) electrons. The van der Waals surface area contributed by atoms with E-state index in [1.807, 2.05) is 6.07 Å². The van der Waals surface area contributed by atoms with Crippen LogP contribution in [0.4, 0.5) is 10.3 Å². The van der Waals surface area contributed by atoms with Crippen LogP contribution < -0.4 is 5.32 Å². The van der Waals surface area contributed by atoms with Crippen LogP contribution in [0.5, 0.6) is 0 Å². The number of fused-ring (bicyclic) bond motifs is 1. The molecule has 1 N–H and O–H groups in total. The Labute approximate surface area is 166 Å². The molecule has 1 aliphatic heterocycles. The lowest BCUT2D eigenvalue weighted by atomic mass is 10.0. The largest absolute Gasteiger partial charge is 0.439 e. The molecule has 0 amide bonds. The van der Waals surface area contributed by atoms with Crippen molar-refractivity contribution in [2.75, 3.05) is 38.7 Å². The lowest BCUT2D eigenvalue weighted by Gasteiger charge is -2.26. The van der Waals surface area contributed by atoms with Crippen LogP contribution >= 0.6 is 11.6 Å². The van der Waals surface area contributed by atoms with Crippen LogP contribution in [0, 0.1) is 5.82 Å². The number of hydrogen-bond donors (Lipinski definition) is 1. The monoisotopic (exact) mass is 424 g/mol. The molecule has 1 aromatic heterocycles. The highest BCUT2D eigenvalue weighted by Crippen LogP contribution is 2.35. The topological polar surface area (TPSA) is 71.8 Å². The minimum Gasteiger partial charge on any atom is -0.439 e. The second-order valence-electron chi connectivity index (χ2n) is 6.40. The van der Waals surface area contributed by atoms with Crippen molar-refractivity contribution in [3.63, 3.8) is 0 Å². The molecule has 4 rings (SSSR count). The van der Waals surface area contributed by atoms with Gasteiger partial charge < -0.3 is 14.5 Å². The van der Waals surface area contributed by atoms with Gasteiger partial charge in [0.2, 0.25) is 10.0 Å². The maximum Gasteiger partial charge on any atom is 0.246 e. The summed E-state index contributed by atoms with van der Waals surface area (Å²) in [6.45, 7) is 0.986. The third-order valence-electron chi connectivity index (χ3n) is 4.67. The van der Waals surface area contributed by atoms with Crippen LogP contribution in [0.2, 0.25) is 5.02 Å². The van der Waals surface area contributed by atoms with Gasteiger partial charge in [-0.1, -0.05) is 17.7 Å². The minimum atomic E-state index is -3.96. The second-order valence-corrected chi connectivity index (χ2v) is 8.71. The summed E-state index contributed by atoms with van der Waals surface area (Å²) >= 11 is 6.33. The molecule has 0 spiro atoms. The molecule has 1 saturated heterocycles. The van der Waals surface area contributed by atoms with E-state index >= 15 is 0 Å². The van der Waals surface area contributed by atoms with E-state index in [9.17, 15) is 12.8 Å². The van der Waals surface area contributed by atoms with Crippen molar-refractivity contribution < 1.29 is 22.0 Å². The lowest BCUT2D eigenvalue weighted by Crippen LogP contribution is -2.40. The van der Waals surface area contributed by atoms with Crippen molar-refractivity contribution >= 4 is 38.5 Å². The summed E-state index contributed by atoms with van der Waals surface area (Å²) in [6, 6.07) is 9.32. The molecule has 1 aliphatic rings. The van der Waals surface area contributed by atoms with E-state index in [0.29, 0.717) is 40.8 Å². The van der Waals surface area contributed by atoms with Crippen molar-refractivity contribution in [1.82, 2.24) is 4.31 Å². The van der Waals surface area contributed by atoms with Crippen molar-refractivity contribution in [3.8, 4) is 11.1 Å². The fraction of sp³-hybridized carbons (Fsp3) is 0.263. The Hall–Kier alpha value is -2.13. The second kappa shape index (κ2) is 7.36. The Kier molecular flexibility index (Phi) is 5.05. The third-order valence-corrected chi connectivity index (χ3v) is 6.86. The summed E-state index contributed by atoms with van der Waals surface area (Å²) in [5.41, 5.74) is 1.74. The number of nitrogens with zero attached hydrogens (tertiary/aromatic N) is 1. The molecule has 2 heterocycles. The fourth-order valence-electron chi connectivity index (χ4n) is 3.21. The summed E-state index contributed by atoms with van der Waals surface area (Å²) in [5.74, 6) is -0.230. The van der Waals surface area contributed by atoms with Crippen LogP contribution in [0.15, 0.2) is 45.7 Å². The zero-order valence-electron chi connectivity index (χ0n) is 15.0. The Morgan fingerprint density at radius 2 is 1.86 bits per heavy atom. The van der Waals surface area contributed by atoms with E-state index in [4.69, 9.17) is 20.8 Å². The molecule has 6 nitrogen and oxygen atoms in total. The molecule has 3 aromatic rings. The minimum absolute atomic E-state index is 0.200. The van der Waals surface area contributed by atoms with E-state index in [2.05, 4.69) is 5.32 Å². The number of anilines is 1. The Morgan fingerprint density at radius 1 is 1.11 bits per heavy atom. The lowest BCUT2D eigenvalue weighted by molar-refractivity contribution is 0.0729. The summed E-state index contributed by atoms with van der Waals surface area (Å²) in [5, 5.41) is 4.05. The van der Waals surface area contributed by atoms with Crippen molar-refractivity contribution in [1.29, 1.82) is 0 Å². The molecule has 0 unspecified atom stereocenters. The molecule has 0 bridgehead atoms. The number of furan rings is 1. The zero-order chi connectivity index (χ0) is 19.9. The Bertz CT molecular complexity index is 1140. The maximum absolute atomic E-state index is 14.4. The predicted octanol–water partition coefficient (Wildman–Crippen LogP) is 3.95. The number of hydrogen-bond acceptors (Lipinski definition) is 5. The first kappa shape index (κ1) is 19.2. The molecular formula is C19H18ClFN2O4S. The van der Waals surface area contributed by atoms with Gasteiger partial charge in [-0.15, -0.1) is 0 Å². The third kappa shape index (κ3) is 3.37. The van der Waals surface area contributed by atoms with Gasteiger partial charge in [0.05, 0.1) is 18.2 Å². The SMILES string of the molecule is CNc1cc2cc(-c3ccc(F)c(S(=O)(=O)N4CCOCC4)c3)cc(Cl)c2o1. The van der Waals surface area contributed by atoms with Crippen LogP contribution in [0.1, 0.15) is 0 Å². The highest BCUT2D eigenvalue weighted by Gasteiger charge is 2.29. The highest BCUT2D eigenvalue weighted by atomic mass is 35.5. The molecule has 0 saturated carbocycles. The summed E-state index contributed by atoms with van der Waals surface area (Å²) < 4.78 is 52.2. The molecule has 0 aliphatic carbocycles. The molecular weight excluding hydrogens is 407 g/mol. The van der Waals surface area contributed by atoms with E-state index in [-0.39, 0.29) is 18.0 Å². The van der Waals surface area contributed by atoms with Crippen molar-refractivity contribution in [2.24, 2.45) is 0 Å². The van der Waals surface area contributed by atoms with E-state index in [0.717, 1.165) is 11.5 Å². The van der Waals surface area contributed by atoms with Crippen molar-refractivity contribution in [3.05, 3.63) is 47.2 Å². The maximum atomic E-state index is 14.4. The number of ether oxygens (including phenoxy) is 1. The van der Waals surface area contributed by atoms with Gasteiger partial charge in [-0.25, -0.2) is 12.8 Å². The first-order chi connectivity index (χ1) is 13.4. The quantitative estimate of drug-likeness (QED) is 0.686. The highest BCUT2D eigenvalue weighted by molar-refractivity contribution is 7.89. The average Bonchev–Trinajstić information content (AvgIpc) is 3.13. The molecule has 1 fully saturated rings.